The molecule has 4 nitrogen and oxygen atoms in total. The SMILES string of the molecule is COc1nnnc(C=Cc2ccccc2)c1C(Cl)(Cl)Cl. The minimum atomic E-state index is -1.70. The van der Waals surface area contributed by atoms with E-state index in [1.54, 1.807) is 6.08 Å². The zero-order chi connectivity index (χ0) is 14.6. The van der Waals surface area contributed by atoms with Gasteiger partial charge < -0.3 is 4.74 Å². The molecule has 1 heterocycles. The van der Waals surface area contributed by atoms with Crippen LogP contribution in [0.25, 0.3) is 12.2 Å². The molecule has 0 bridgehead atoms. The molecular formula is C13H10Cl3N3O. The fourth-order valence-corrected chi connectivity index (χ4v) is 2.12. The topological polar surface area (TPSA) is 47.9 Å². The Morgan fingerprint density at radius 2 is 1.75 bits per heavy atom. The Morgan fingerprint density at radius 1 is 1.05 bits per heavy atom. The molecule has 0 aliphatic carbocycles. The number of ether oxygens (including phenoxy) is 1. The first-order valence-electron chi connectivity index (χ1n) is 5.60. The Morgan fingerprint density at radius 3 is 2.35 bits per heavy atom. The van der Waals surface area contributed by atoms with E-state index < -0.39 is 3.79 Å². The summed E-state index contributed by atoms with van der Waals surface area (Å²) < 4.78 is 3.36. The minimum Gasteiger partial charge on any atom is -0.480 e. The third-order valence-electron chi connectivity index (χ3n) is 2.47. The Hall–Kier alpha value is -1.36. The predicted octanol–water partition coefficient (Wildman–Crippen LogP) is 3.88. The van der Waals surface area contributed by atoms with Crippen LogP contribution in [0.4, 0.5) is 0 Å². The van der Waals surface area contributed by atoms with E-state index >= 15 is 0 Å². The zero-order valence-corrected chi connectivity index (χ0v) is 12.7. The average Bonchev–Trinajstić information content (AvgIpc) is 2.44. The summed E-state index contributed by atoms with van der Waals surface area (Å²) in [7, 11) is 1.43. The van der Waals surface area contributed by atoms with Gasteiger partial charge in [0.1, 0.15) is 5.69 Å². The summed E-state index contributed by atoms with van der Waals surface area (Å²) in [5.41, 5.74) is 1.63. The molecule has 2 rings (SSSR count). The molecule has 0 aliphatic rings. The highest BCUT2D eigenvalue weighted by Gasteiger charge is 2.32. The van der Waals surface area contributed by atoms with Crippen LogP contribution in [0.2, 0.25) is 0 Å². The Kier molecular flexibility index (Phi) is 4.81. The maximum atomic E-state index is 5.94. The van der Waals surface area contributed by atoms with E-state index in [-0.39, 0.29) is 11.4 Å². The number of aromatic nitrogens is 3. The van der Waals surface area contributed by atoms with E-state index in [0.717, 1.165) is 5.56 Å². The van der Waals surface area contributed by atoms with Gasteiger partial charge in [0, 0.05) is 0 Å². The number of methoxy groups -OCH3 is 1. The van der Waals surface area contributed by atoms with Crippen molar-refractivity contribution in [3.63, 3.8) is 0 Å². The highest BCUT2D eigenvalue weighted by atomic mass is 35.6. The summed E-state index contributed by atoms with van der Waals surface area (Å²) in [5, 5.41) is 11.2. The molecule has 0 aliphatic heterocycles. The van der Waals surface area contributed by atoms with Crippen LogP contribution >= 0.6 is 34.8 Å². The highest BCUT2D eigenvalue weighted by molar-refractivity contribution is 6.67. The van der Waals surface area contributed by atoms with Crippen LogP contribution < -0.4 is 4.74 Å². The fourth-order valence-electron chi connectivity index (χ4n) is 1.59. The summed E-state index contributed by atoms with van der Waals surface area (Å²) in [4.78, 5) is 0. The van der Waals surface area contributed by atoms with Crippen LogP contribution in [0.3, 0.4) is 0 Å². The van der Waals surface area contributed by atoms with E-state index in [9.17, 15) is 0 Å². The molecule has 0 unspecified atom stereocenters. The van der Waals surface area contributed by atoms with Gasteiger partial charge in [0.2, 0.25) is 9.67 Å². The number of hydrogen-bond acceptors (Lipinski definition) is 4. The van der Waals surface area contributed by atoms with Crippen molar-refractivity contribution in [1.29, 1.82) is 0 Å². The van der Waals surface area contributed by atoms with E-state index in [0.29, 0.717) is 5.69 Å². The van der Waals surface area contributed by atoms with Crippen LogP contribution in [-0.4, -0.2) is 22.5 Å². The summed E-state index contributed by atoms with van der Waals surface area (Å²) >= 11 is 17.8. The van der Waals surface area contributed by atoms with Crippen molar-refractivity contribution in [1.82, 2.24) is 15.4 Å². The molecule has 0 atom stereocenters. The van der Waals surface area contributed by atoms with Crippen LogP contribution in [0.5, 0.6) is 5.88 Å². The van der Waals surface area contributed by atoms with E-state index in [1.165, 1.54) is 7.11 Å². The van der Waals surface area contributed by atoms with E-state index in [2.05, 4.69) is 15.4 Å². The van der Waals surface area contributed by atoms with Gasteiger partial charge >= 0.3 is 0 Å². The van der Waals surface area contributed by atoms with Gasteiger partial charge in [-0.05, 0) is 16.9 Å². The van der Waals surface area contributed by atoms with E-state index in [4.69, 9.17) is 39.5 Å². The first kappa shape index (κ1) is 15.0. The monoisotopic (exact) mass is 329 g/mol. The van der Waals surface area contributed by atoms with Crippen molar-refractivity contribution in [3.05, 3.63) is 47.2 Å². The zero-order valence-electron chi connectivity index (χ0n) is 10.4. The molecule has 0 spiro atoms. The van der Waals surface area contributed by atoms with Crippen LogP contribution in [-0.2, 0) is 3.79 Å². The van der Waals surface area contributed by atoms with Gasteiger partial charge in [-0.2, -0.15) is 0 Å². The minimum absolute atomic E-state index is 0.132. The number of alkyl halides is 3. The lowest BCUT2D eigenvalue weighted by Gasteiger charge is -2.15. The molecule has 0 saturated carbocycles. The van der Waals surface area contributed by atoms with Crippen LogP contribution in [0.1, 0.15) is 16.8 Å². The van der Waals surface area contributed by atoms with Crippen LogP contribution in [0, 0.1) is 0 Å². The predicted molar refractivity (Wildman–Crippen MR) is 81.0 cm³/mol. The lowest BCUT2D eigenvalue weighted by atomic mass is 10.1. The van der Waals surface area contributed by atoms with Crippen molar-refractivity contribution < 1.29 is 4.74 Å². The summed E-state index contributed by atoms with van der Waals surface area (Å²) in [6.07, 6.45) is 3.53. The number of rotatable bonds is 3. The molecule has 1 aromatic heterocycles. The fraction of sp³-hybridized carbons (Fsp3) is 0.154. The highest BCUT2D eigenvalue weighted by Crippen LogP contribution is 2.43. The van der Waals surface area contributed by atoms with Gasteiger partial charge in [0.25, 0.3) is 0 Å². The van der Waals surface area contributed by atoms with Gasteiger partial charge in [-0.1, -0.05) is 76.3 Å². The van der Waals surface area contributed by atoms with Crippen molar-refractivity contribution in [3.8, 4) is 5.88 Å². The smallest absolute Gasteiger partial charge is 0.244 e. The lowest BCUT2D eigenvalue weighted by Crippen LogP contribution is -2.11. The van der Waals surface area contributed by atoms with E-state index in [1.807, 2.05) is 36.4 Å². The molecule has 2 aromatic rings. The summed E-state index contributed by atoms with van der Waals surface area (Å²) in [6.45, 7) is 0. The Bertz CT molecular complexity index is 612. The maximum Gasteiger partial charge on any atom is 0.244 e. The van der Waals surface area contributed by atoms with Crippen molar-refractivity contribution in [2.75, 3.05) is 7.11 Å². The van der Waals surface area contributed by atoms with Gasteiger partial charge in [0.05, 0.1) is 12.7 Å². The van der Waals surface area contributed by atoms with Gasteiger partial charge in [-0.15, -0.1) is 5.10 Å². The van der Waals surface area contributed by atoms with Gasteiger partial charge in [-0.3, -0.25) is 0 Å². The molecule has 104 valence electrons. The molecule has 0 saturated heterocycles. The molecule has 20 heavy (non-hydrogen) atoms. The third-order valence-corrected chi connectivity index (χ3v) is 3.04. The van der Waals surface area contributed by atoms with Crippen molar-refractivity contribution >= 4 is 47.0 Å². The summed E-state index contributed by atoms with van der Waals surface area (Å²) in [5.74, 6) is 0.132. The lowest BCUT2D eigenvalue weighted by molar-refractivity contribution is 0.383. The second-order valence-electron chi connectivity index (χ2n) is 3.80. The van der Waals surface area contributed by atoms with Crippen molar-refractivity contribution in [2.45, 2.75) is 3.79 Å². The first-order chi connectivity index (χ1) is 9.52. The Balaban J connectivity index is 2.44. The molecule has 1 aromatic carbocycles. The second-order valence-corrected chi connectivity index (χ2v) is 6.08. The number of nitrogens with zero attached hydrogens (tertiary/aromatic N) is 3. The van der Waals surface area contributed by atoms with Crippen molar-refractivity contribution in [2.24, 2.45) is 0 Å². The largest absolute Gasteiger partial charge is 0.480 e. The first-order valence-corrected chi connectivity index (χ1v) is 6.73. The third kappa shape index (κ3) is 3.60. The second kappa shape index (κ2) is 6.39. The molecule has 0 N–H and O–H groups in total. The average molecular weight is 331 g/mol. The molecule has 0 fully saturated rings. The normalized spacial score (nSPS) is 11.8. The number of hydrogen-bond donors (Lipinski definition) is 0. The Labute approximate surface area is 131 Å². The number of halogens is 3. The molecular weight excluding hydrogens is 321 g/mol. The summed E-state index contributed by atoms with van der Waals surface area (Å²) in [6, 6.07) is 9.66. The van der Waals surface area contributed by atoms with Gasteiger partial charge in [0.15, 0.2) is 0 Å². The quantitative estimate of drug-likeness (QED) is 0.801. The maximum absolute atomic E-state index is 5.94. The number of benzene rings is 1. The standard InChI is InChI=1S/C13H10Cl3N3O/c1-20-12-11(13(14,15)16)10(17-19-18-12)8-7-9-5-3-2-4-6-9/h2-8H,1H3. The molecule has 7 heteroatoms. The molecule has 0 amide bonds. The molecule has 0 radical (unpaired) electrons. The van der Waals surface area contributed by atoms with Gasteiger partial charge in [-0.25, -0.2) is 0 Å². The van der Waals surface area contributed by atoms with Crippen LogP contribution in [0.15, 0.2) is 30.3 Å².